The molecular weight excluding hydrogens is 433 g/mol. The van der Waals surface area contributed by atoms with E-state index >= 15 is 0 Å². The number of rotatable bonds is 4. The Morgan fingerprint density at radius 3 is 3.13 bits per heavy atom. The van der Waals surface area contributed by atoms with Crippen LogP contribution in [0.2, 0.25) is 0 Å². The first kappa shape index (κ1) is 15.9. The van der Waals surface area contributed by atoms with Gasteiger partial charge >= 0.3 is 5.97 Å². The van der Waals surface area contributed by atoms with E-state index in [1.54, 1.807) is 6.21 Å². The number of carboxylic acid groups (broad SMARTS) is 1. The number of amidine groups is 1. The van der Waals surface area contributed by atoms with Crippen molar-refractivity contribution in [2.24, 2.45) is 10.2 Å². The highest BCUT2D eigenvalue weighted by molar-refractivity contribution is 14.1. The monoisotopic (exact) mass is 443 g/mol. The first-order valence-corrected chi connectivity index (χ1v) is 8.43. The van der Waals surface area contributed by atoms with Crippen molar-refractivity contribution in [1.82, 2.24) is 15.5 Å². The molecule has 0 saturated carbocycles. The number of fused-ring (bicyclic) bond motifs is 1. The number of aliphatic carboxylic acids is 1. The molecule has 2 heterocycles. The molecular formula is C13H10IN5O3S. The molecule has 0 spiro atoms. The predicted molar refractivity (Wildman–Crippen MR) is 95.6 cm³/mol. The van der Waals surface area contributed by atoms with E-state index in [9.17, 15) is 9.59 Å². The van der Waals surface area contributed by atoms with Crippen molar-refractivity contribution in [3.63, 3.8) is 0 Å². The van der Waals surface area contributed by atoms with E-state index in [4.69, 9.17) is 5.11 Å². The van der Waals surface area contributed by atoms with Gasteiger partial charge in [-0.15, -0.1) is 5.10 Å². The fraction of sp³-hybridized carbons (Fsp3) is 0.154. The van der Waals surface area contributed by atoms with E-state index < -0.39 is 11.2 Å². The lowest BCUT2D eigenvalue weighted by atomic mass is 10.2. The summed E-state index contributed by atoms with van der Waals surface area (Å²) in [7, 11) is 0. The minimum Gasteiger partial charge on any atom is -0.481 e. The van der Waals surface area contributed by atoms with Crippen LogP contribution in [0.25, 0.3) is 10.9 Å². The van der Waals surface area contributed by atoms with Gasteiger partial charge in [0.25, 0.3) is 0 Å². The Labute approximate surface area is 148 Å². The average Bonchev–Trinajstić information content (AvgIpc) is 3.02. The Morgan fingerprint density at radius 2 is 2.35 bits per heavy atom. The summed E-state index contributed by atoms with van der Waals surface area (Å²) in [5, 5.41) is 26.8. The highest BCUT2D eigenvalue weighted by Gasteiger charge is 2.32. The third-order valence-corrected chi connectivity index (χ3v) is 4.92. The molecule has 1 aliphatic heterocycles. The summed E-state index contributed by atoms with van der Waals surface area (Å²) in [5.74, 6) is -1.39. The summed E-state index contributed by atoms with van der Waals surface area (Å²) in [4.78, 5) is 22.2. The Bertz CT molecular complexity index is 847. The van der Waals surface area contributed by atoms with Crippen molar-refractivity contribution in [2.75, 3.05) is 0 Å². The number of aromatic amines is 1. The number of carbonyl (C=O) groups excluding carboxylic acids is 1. The highest BCUT2D eigenvalue weighted by atomic mass is 127. The van der Waals surface area contributed by atoms with Gasteiger partial charge in [0.05, 0.1) is 18.2 Å². The summed E-state index contributed by atoms with van der Waals surface area (Å²) >= 11 is 3.24. The standard InChI is InChI=1S/C13H10IN5O3S/c14-11-7-2-1-6(3-8(7)17-18-11)5-15-19-13-16-12(22)9(23-13)4-10(20)21/h1-3,5,9H,4H2,(H,17,18)(H,20,21)(H,16,19,22). The van der Waals surface area contributed by atoms with E-state index in [-0.39, 0.29) is 12.3 Å². The molecule has 1 aromatic heterocycles. The molecule has 1 unspecified atom stereocenters. The smallest absolute Gasteiger partial charge is 0.305 e. The Hall–Kier alpha value is -1.95. The lowest BCUT2D eigenvalue weighted by Crippen LogP contribution is -2.26. The Kier molecular flexibility index (Phi) is 4.61. The average molecular weight is 443 g/mol. The van der Waals surface area contributed by atoms with Gasteiger partial charge in [0.2, 0.25) is 5.91 Å². The van der Waals surface area contributed by atoms with Gasteiger partial charge < -0.3 is 10.4 Å². The van der Waals surface area contributed by atoms with Gasteiger partial charge in [-0.1, -0.05) is 17.8 Å². The van der Waals surface area contributed by atoms with Crippen molar-refractivity contribution >= 4 is 68.5 Å². The van der Waals surface area contributed by atoms with Crippen LogP contribution < -0.4 is 5.32 Å². The minimum absolute atomic E-state index is 0.242. The third-order valence-electron chi connectivity index (χ3n) is 3.02. The van der Waals surface area contributed by atoms with Gasteiger partial charge in [0.1, 0.15) is 8.95 Å². The van der Waals surface area contributed by atoms with E-state index in [2.05, 4.69) is 48.3 Å². The molecule has 1 aromatic carbocycles. The maximum atomic E-state index is 11.6. The first-order chi connectivity index (χ1) is 11.0. The van der Waals surface area contributed by atoms with Crippen LogP contribution in [-0.2, 0) is 9.59 Å². The number of H-pyrrole nitrogens is 1. The number of hydrogen-bond donors (Lipinski definition) is 3. The highest BCUT2D eigenvalue weighted by Crippen LogP contribution is 2.22. The number of aromatic nitrogens is 2. The zero-order valence-corrected chi connectivity index (χ0v) is 14.5. The second-order valence-electron chi connectivity index (χ2n) is 4.66. The van der Waals surface area contributed by atoms with Crippen LogP contribution in [0, 0.1) is 3.70 Å². The maximum Gasteiger partial charge on any atom is 0.305 e. The van der Waals surface area contributed by atoms with Crippen LogP contribution in [0.15, 0.2) is 28.4 Å². The van der Waals surface area contributed by atoms with Crippen LogP contribution >= 0.6 is 34.4 Å². The fourth-order valence-corrected chi connectivity index (χ4v) is 3.46. The van der Waals surface area contributed by atoms with Crippen LogP contribution in [0.4, 0.5) is 0 Å². The van der Waals surface area contributed by atoms with Gasteiger partial charge in [-0.05, 0) is 40.3 Å². The molecule has 3 rings (SSSR count). The van der Waals surface area contributed by atoms with Crippen molar-refractivity contribution in [3.05, 3.63) is 27.5 Å². The molecule has 23 heavy (non-hydrogen) atoms. The molecule has 3 N–H and O–H groups in total. The molecule has 0 bridgehead atoms. The summed E-state index contributed by atoms with van der Waals surface area (Å²) in [5.41, 5.74) is 1.65. The van der Waals surface area contributed by atoms with Gasteiger partial charge in [-0.2, -0.15) is 10.2 Å². The van der Waals surface area contributed by atoms with Crippen molar-refractivity contribution in [2.45, 2.75) is 11.7 Å². The molecule has 1 fully saturated rings. The molecule has 0 aliphatic carbocycles. The zero-order valence-electron chi connectivity index (χ0n) is 11.5. The zero-order chi connectivity index (χ0) is 16.4. The summed E-state index contributed by atoms with van der Waals surface area (Å²) < 4.78 is 0.968. The minimum atomic E-state index is -1.02. The van der Waals surface area contributed by atoms with E-state index in [1.165, 1.54) is 0 Å². The van der Waals surface area contributed by atoms with Gasteiger partial charge in [0.15, 0.2) is 5.17 Å². The molecule has 1 saturated heterocycles. The largest absolute Gasteiger partial charge is 0.481 e. The van der Waals surface area contributed by atoms with Gasteiger partial charge in [-0.3, -0.25) is 14.7 Å². The number of carbonyl (C=O) groups is 2. The number of halogens is 1. The quantitative estimate of drug-likeness (QED) is 0.377. The topological polar surface area (TPSA) is 120 Å². The second kappa shape index (κ2) is 6.66. The first-order valence-electron chi connectivity index (χ1n) is 6.47. The Morgan fingerprint density at radius 1 is 1.52 bits per heavy atom. The van der Waals surface area contributed by atoms with E-state index in [0.29, 0.717) is 5.17 Å². The number of nitrogens with one attached hydrogen (secondary N) is 2. The van der Waals surface area contributed by atoms with Gasteiger partial charge in [0, 0.05) is 5.39 Å². The lowest BCUT2D eigenvalue weighted by Gasteiger charge is -1.97. The molecule has 1 amide bonds. The molecule has 10 heteroatoms. The molecule has 0 radical (unpaired) electrons. The van der Waals surface area contributed by atoms with Gasteiger partial charge in [-0.25, -0.2) is 0 Å². The van der Waals surface area contributed by atoms with Crippen LogP contribution in [-0.4, -0.2) is 43.8 Å². The maximum absolute atomic E-state index is 11.6. The number of hydrogen-bond acceptors (Lipinski definition) is 6. The van der Waals surface area contributed by atoms with E-state index in [0.717, 1.165) is 31.9 Å². The van der Waals surface area contributed by atoms with Crippen LogP contribution in [0.5, 0.6) is 0 Å². The molecule has 2 aromatic rings. The molecule has 8 nitrogen and oxygen atoms in total. The third kappa shape index (κ3) is 3.69. The number of thioether (sulfide) groups is 1. The number of carboxylic acids is 1. The number of benzene rings is 1. The molecule has 1 atom stereocenters. The predicted octanol–water partition coefficient (Wildman–Crippen LogP) is 1.56. The second-order valence-corrected chi connectivity index (χ2v) is 6.93. The Balaban J connectivity index is 1.70. The number of nitrogens with zero attached hydrogens (tertiary/aromatic N) is 3. The van der Waals surface area contributed by atoms with E-state index in [1.807, 2.05) is 18.2 Å². The molecule has 118 valence electrons. The number of amides is 1. The SMILES string of the molecule is O=C(O)CC1SC(=NN=Cc2ccc3c(I)[nH]nc3c2)NC1=O. The van der Waals surface area contributed by atoms with Crippen molar-refractivity contribution in [3.8, 4) is 0 Å². The fourth-order valence-electron chi connectivity index (χ4n) is 1.97. The van der Waals surface area contributed by atoms with Crippen molar-refractivity contribution in [1.29, 1.82) is 0 Å². The summed E-state index contributed by atoms with van der Waals surface area (Å²) in [6.07, 6.45) is 1.30. The normalized spacial score (nSPS) is 19.8. The van der Waals surface area contributed by atoms with Crippen molar-refractivity contribution < 1.29 is 14.7 Å². The summed E-state index contributed by atoms with van der Waals surface area (Å²) in [6, 6.07) is 5.69. The lowest BCUT2D eigenvalue weighted by molar-refractivity contribution is -0.138. The summed E-state index contributed by atoms with van der Waals surface area (Å²) in [6.45, 7) is 0. The molecule has 1 aliphatic rings. The van der Waals surface area contributed by atoms with Crippen LogP contribution in [0.1, 0.15) is 12.0 Å². The van der Waals surface area contributed by atoms with Crippen LogP contribution in [0.3, 0.4) is 0 Å².